The molecule has 31 heavy (non-hydrogen) atoms. The highest BCUT2D eigenvalue weighted by Crippen LogP contribution is 2.23. The van der Waals surface area contributed by atoms with Crippen LogP contribution in [0.25, 0.3) is 0 Å². The van der Waals surface area contributed by atoms with E-state index in [4.69, 9.17) is 0 Å². The Morgan fingerprint density at radius 3 is 2.13 bits per heavy atom. The second-order valence-corrected chi connectivity index (χ2v) is 9.16. The third kappa shape index (κ3) is 6.15. The summed E-state index contributed by atoms with van der Waals surface area (Å²) in [6, 6.07) is 22.8. The van der Waals surface area contributed by atoms with E-state index in [-0.39, 0.29) is 17.5 Å². The Morgan fingerprint density at radius 1 is 0.935 bits per heavy atom. The van der Waals surface area contributed by atoms with E-state index in [0.29, 0.717) is 5.69 Å². The molecule has 0 fully saturated rings. The van der Waals surface area contributed by atoms with Gasteiger partial charge in [0.1, 0.15) is 12.4 Å². The summed E-state index contributed by atoms with van der Waals surface area (Å²) in [5, 5.41) is 2.88. The Labute approximate surface area is 182 Å². The van der Waals surface area contributed by atoms with Crippen LogP contribution in [0.3, 0.4) is 0 Å². The predicted molar refractivity (Wildman–Crippen MR) is 120 cm³/mol. The maximum absolute atomic E-state index is 13.3. The van der Waals surface area contributed by atoms with Crippen LogP contribution in [-0.2, 0) is 21.2 Å². The summed E-state index contributed by atoms with van der Waals surface area (Å²) >= 11 is 0. The van der Waals surface area contributed by atoms with Crippen molar-refractivity contribution in [1.82, 2.24) is 5.32 Å². The van der Waals surface area contributed by atoms with Crippen molar-refractivity contribution in [3.63, 3.8) is 0 Å². The smallest absolute Gasteiger partial charge is 0.264 e. The van der Waals surface area contributed by atoms with Gasteiger partial charge in [-0.15, -0.1) is 0 Å². The number of nitrogens with zero attached hydrogens (tertiary/aromatic N) is 1. The lowest BCUT2D eigenvalue weighted by atomic mass is 10.1. The minimum absolute atomic E-state index is 0.0809. The zero-order valence-corrected chi connectivity index (χ0v) is 18.1. The third-order valence-electron chi connectivity index (χ3n) is 4.85. The minimum atomic E-state index is -4.05. The minimum Gasteiger partial charge on any atom is -0.352 e. The van der Waals surface area contributed by atoms with Crippen LogP contribution in [0.2, 0.25) is 0 Å². The van der Waals surface area contributed by atoms with Gasteiger partial charge in [0, 0.05) is 6.04 Å². The first-order valence-corrected chi connectivity index (χ1v) is 11.5. The van der Waals surface area contributed by atoms with Gasteiger partial charge in [0.15, 0.2) is 0 Å². The summed E-state index contributed by atoms with van der Waals surface area (Å²) < 4.78 is 40.7. The second kappa shape index (κ2) is 10.2. The van der Waals surface area contributed by atoms with Gasteiger partial charge in [-0.05, 0) is 61.7 Å². The van der Waals surface area contributed by atoms with Crippen LogP contribution in [0, 0.1) is 5.82 Å². The molecule has 3 rings (SSSR count). The number of hydrogen-bond acceptors (Lipinski definition) is 3. The number of halogens is 1. The summed E-state index contributed by atoms with van der Waals surface area (Å²) in [6.45, 7) is 1.52. The van der Waals surface area contributed by atoms with Crippen LogP contribution in [0.15, 0.2) is 89.8 Å². The van der Waals surface area contributed by atoms with Gasteiger partial charge in [-0.2, -0.15) is 0 Å². The van der Waals surface area contributed by atoms with Crippen molar-refractivity contribution in [3.8, 4) is 0 Å². The van der Waals surface area contributed by atoms with E-state index in [1.165, 1.54) is 17.7 Å². The number of hydrogen-bond donors (Lipinski definition) is 1. The van der Waals surface area contributed by atoms with E-state index in [9.17, 15) is 17.6 Å². The third-order valence-corrected chi connectivity index (χ3v) is 6.64. The van der Waals surface area contributed by atoms with Crippen LogP contribution < -0.4 is 9.62 Å². The number of amides is 1. The molecule has 1 N–H and O–H groups in total. The summed E-state index contributed by atoms with van der Waals surface area (Å²) in [5.74, 6) is -0.940. The fourth-order valence-electron chi connectivity index (χ4n) is 3.19. The van der Waals surface area contributed by atoms with Gasteiger partial charge < -0.3 is 5.32 Å². The van der Waals surface area contributed by atoms with Crippen molar-refractivity contribution in [2.45, 2.75) is 30.7 Å². The average Bonchev–Trinajstić information content (AvgIpc) is 2.77. The maximum atomic E-state index is 13.3. The monoisotopic (exact) mass is 440 g/mol. The SMILES string of the molecule is C[C@@H](CCc1ccccc1)NC(=O)CN(c1ccccc1)S(=O)(=O)c1ccc(F)cc1. The van der Waals surface area contributed by atoms with Crippen LogP contribution in [0.1, 0.15) is 18.9 Å². The van der Waals surface area contributed by atoms with Crippen LogP contribution in [-0.4, -0.2) is 26.9 Å². The van der Waals surface area contributed by atoms with Gasteiger partial charge in [0.2, 0.25) is 5.91 Å². The molecular formula is C24H25FN2O3S. The molecule has 0 unspecified atom stereocenters. The van der Waals surface area contributed by atoms with Crippen molar-refractivity contribution < 1.29 is 17.6 Å². The Balaban J connectivity index is 1.73. The molecule has 0 saturated carbocycles. The molecule has 0 bridgehead atoms. The summed E-state index contributed by atoms with van der Waals surface area (Å²) in [6.07, 6.45) is 1.53. The Hall–Kier alpha value is -3.19. The molecule has 3 aromatic rings. The summed E-state index contributed by atoms with van der Waals surface area (Å²) in [4.78, 5) is 12.6. The van der Waals surface area contributed by atoms with Crippen molar-refractivity contribution in [2.75, 3.05) is 10.8 Å². The maximum Gasteiger partial charge on any atom is 0.264 e. The molecule has 0 aliphatic rings. The van der Waals surface area contributed by atoms with Gasteiger partial charge in [0.05, 0.1) is 10.6 Å². The Morgan fingerprint density at radius 2 is 1.52 bits per heavy atom. The molecule has 0 aliphatic carbocycles. The number of para-hydroxylation sites is 1. The fraction of sp³-hybridized carbons (Fsp3) is 0.208. The zero-order valence-electron chi connectivity index (χ0n) is 17.2. The molecule has 7 heteroatoms. The zero-order chi connectivity index (χ0) is 22.3. The Bertz CT molecular complexity index is 1090. The number of nitrogens with one attached hydrogen (secondary N) is 1. The number of anilines is 1. The molecule has 0 radical (unpaired) electrons. The second-order valence-electron chi connectivity index (χ2n) is 7.29. The van der Waals surface area contributed by atoms with Crippen LogP contribution >= 0.6 is 0 Å². The van der Waals surface area contributed by atoms with Gasteiger partial charge in [0.25, 0.3) is 10.0 Å². The van der Waals surface area contributed by atoms with Crippen molar-refractivity contribution in [3.05, 3.63) is 96.3 Å². The highest BCUT2D eigenvalue weighted by Gasteiger charge is 2.27. The first kappa shape index (κ1) is 22.5. The van der Waals surface area contributed by atoms with Crippen LogP contribution in [0.5, 0.6) is 0 Å². The van der Waals surface area contributed by atoms with E-state index in [0.717, 1.165) is 29.3 Å². The highest BCUT2D eigenvalue weighted by molar-refractivity contribution is 7.92. The Kier molecular flexibility index (Phi) is 7.41. The van der Waals surface area contributed by atoms with Crippen molar-refractivity contribution in [2.24, 2.45) is 0 Å². The fourth-order valence-corrected chi connectivity index (χ4v) is 4.61. The quantitative estimate of drug-likeness (QED) is 0.543. The molecule has 5 nitrogen and oxygen atoms in total. The number of carbonyl (C=O) groups excluding carboxylic acids is 1. The standard InChI is InChI=1S/C24H25FN2O3S/c1-19(12-13-20-8-4-2-5-9-20)26-24(28)18-27(22-10-6-3-7-11-22)31(29,30)23-16-14-21(25)15-17-23/h2-11,14-17,19H,12-13,18H2,1H3,(H,26,28)/t19-/m0/s1. The lowest BCUT2D eigenvalue weighted by Gasteiger charge is -2.25. The number of carbonyl (C=O) groups is 1. The van der Waals surface area contributed by atoms with Crippen molar-refractivity contribution in [1.29, 1.82) is 0 Å². The summed E-state index contributed by atoms with van der Waals surface area (Å²) in [7, 11) is -4.05. The van der Waals surface area contributed by atoms with Gasteiger partial charge in [-0.1, -0.05) is 48.5 Å². The topological polar surface area (TPSA) is 66.5 Å². The number of sulfonamides is 1. The lowest BCUT2D eigenvalue weighted by Crippen LogP contribution is -2.43. The predicted octanol–water partition coefficient (Wildman–Crippen LogP) is 4.16. The van der Waals surface area contributed by atoms with Gasteiger partial charge >= 0.3 is 0 Å². The normalized spacial score (nSPS) is 12.2. The van der Waals surface area contributed by atoms with Crippen molar-refractivity contribution >= 4 is 21.6 Å². The largest absolute Gasteiger partial charge is 0.352 e. The van der Waals surface area contributed by atoms with Gasteiger partial charge in [-0.25, -0.2) is 12.8 Å². The first-order chi connectivity index (χ1) is 14.9. The van der Waals surface area contributed by atoms with E-state index in [1.54, 1.807) is 30.3 Å². The molecule has 0 heterocycles. The number of aryl methyl sites for hydroxylation is 1. The molecule has 0 spiro atoms. The molecule has 0 saturated heterocycles. The molecule has 162 valence electrons. The van der Waals surface area contributed by atoms with E-state index < -0.39 is 21.7 Å². The molecule has 3 aromatic carbocycles. The van der Waals surface area contributed by atoms with E-state index >= 15 is 0 Å². The molecule has 0 aromatic heterocycles. The van der Waals surface area contributed by atoms with E-state index in [1.807, 2.05) is 37.3 Å². The molecular weight excluding hydrogens is 415 g/mol. The molecule has 1 amide bonds. The average molecular weight is 441 g/mol. The number of benzene rings is 3. The molecule has 0 aliphatic heterocycles. The molecule has 1 atom stereocenters. The lowest BCUT2D eigenvalue weighted by molar-refractivity contribution is -0.120. The van der Waals surface area contributed by atoms with E-state index in [2.05, 4.69) is 5.32 Å². The highest BCUT2D eigenvalue weighted by atomic mass is 32.2. The van der Waals surface area contributed by atoms with Crippen LogP contribution in [0.4, 0.5) is 10.1 Å². The number of rotatable bonds is 9. The van der Waals surface area contributed by atoms with Gasteiger partial charge in [-0.3, -0.25) is 9.10 Å². The summed E-state index contributed by atoms with van der Waals surface area (Å²) in [5.41, 5.74) is 1.53. The first-order valence-electron chi connectivity index (χ1n) is 10.0.